The molecule has 0 aliphatic heterocycles. The van der Waals surface area contributed by atoms with Crippen molar-refractivity contribution < 1.29 is 19.9 Å². The highest BCUT2D eigenvalue weighted by atomic mass is 16.5. The van der Waals surface area contributed by atoms with Crippen LogP contribution in [-0.2, 0) is 17.9 Å². The van der Waals surface area contributed by atoms with Crippen LogP contribution in [0.15, 0.2) is 67.3 Å². The molecule has 2 aromatic carbocycles. The maximum atomic E-state index is 12.3. The Bertz CT molecular complexity index is 1160. The summed E-state index contributed by atoms with van der Waals surface area (Å²) in [6.07, 6.45) is 5.03. The second-order valence-corrected chi connectivity index (χ2v) is 8.17. The first-order valence-electron chi connectivity index (χ1n) is 11.2. The lowest BCUT2D eigenvalue weighted by atomic mass is 10.1. The van der Waals surface area contributed by atoms with Crippen molar-refractivity contribution in [2.24, 2.45) is 5.73 Å². The van der Waals surface area contributed by atoms with Gasteiger partial charge in [-0.2, -0.15) is 0 Å². The molecular weight excluding hydrogens is 446 g/mol. The van der Waals surface area contributed by atoms with E-state index < -0.39 is 24.0 Å². The molecule has 182 valence electrons. The molecule has 0 bridgehead atoms. The average Bonchev–Trinajstić information content (AvgIpc) is 3.37. The van der Waals surface area contributed by atoms with Crippen molar-refractivity contribution in [2.75, 3.05) is 6.54 Å². The fourth-order valence-electron chi connectivity index (χ4n) is 3.74. The topological polar surface area (TPSA) is 134 Å². The lowest BCUT2D eigenvalue weighted by Gasteiger charge is -2.32. The summed E-state index contributed by atoms with van der Waals surface area (Å²) in [6, 6.07) is 13.4. The van der Waals surface area contributed by atoms with Crippen LogP contribution in [0.1, 0.15) is 40.4 Å². The molecule has 35 heavy (non-hydrogen) atoms. The number of hydroxylamine groups is 1. The number of aromatic nitrogens is 2. The number of hydrogen-bond donors (Lipinski definition) is 4. The van der Waals surface area contributed by atoms with Crippen molar-refractivity contribution in [3.8, 4) is 11.8 Å². The minimum absolute atomic E-state index is 0.398. The number of carbonyl (C=O) groups excluding carboxylic acids is 2. The molecule has 3 rings (SSSR count). The van der Waals surface area contributed by atoms with Crippen LogP contribution in [0, 0.1) is 11.8 Å². The molecule has 0 radical (unpaired) electrons. The molecule has 3 aromatic rings. The Balaban J connectivity index is 1.70. The van der Waals surface area contributed by atoms with Crippen LogP contribution in [0.4, 0.5) is 0 Å². The number of nitrogens with zero attached hydrogens (tertiary/aromatic N) is 3. The van der Waals surface area contributed by atoms with Crippen molar-refractivity contribution in [1.82, 2.24) is 19.9 Å². The Labute approximate surface area is 204 Å². The highest BCUT2D eigenvalue weighted by molar-refractivity contribution is 5.92. The standard InChI is InChI=1S/C26H29N5O4/c1-19(32)24(26(34)29-35)31(15-2-14-30-16-13-28-18-30)17-22-7-5-20(6-8-22)3-4-21-9-11-23(12-10-21)25(27)33/h5-13,16,18-19,24,32,35H,2,14-15,17H2,1H3,(H2,27,33)(H,29,34)/t19-,24+/m1/s1. The van der Waals surface area contributed by atoms with E-state index in [4.69, 9.17) is 5.73 Å². The summed E-state index contributed by atoms with van der Waals surface area (Å²) >= 11 is 0. The lowest BCUT2D eigenvalue weighted by molar-refractivity contribution is -0.139. The monoisotopic (exact) mass is 475 g/mol. The zero-order chi connectivity index (χ0) is 25.2. The van der Waals surface area contributed by atoms with E-state index in [0.29, 0.717) is 25.2 Å². The number of rotatable bonds is 10. The van der Waals surface area contributed by atoms with Crippen LogP contribution >= 0.6 is 0 Å². The van der Waals surface area contributed by atoms with E-state index in [1.54, 1.807) is 42.3 Å². The Kier molecular flexibility index (Phi) is 9.15. The van der Waals surface area contributed by atoms with Crippen molar-refractivity contribution in [1.29, 1.82) is 0 Å². The fraction of sp³-hybridized carbons (Fsp3) is 0.269. The van der Waals surface area contributed by atoms with E-state index >= 15 is 0 Å². The van der Waals surface area contributed by atoms with Gasteiger partial charge in [-0.05, 0) is 55.3 Å². The molecule has 0 unspecified atom stereocenters. The van der Waals surface area contributed by atoms with Gasteiger partial charge < -0.3 is 15.4 Å². The second-order valence-electron chi connectivity index (χ2n) is 8.17. The fourth-order valence-corrected chi connectivity index (χ4v) is 3.74. The van der Waals surface area contributed by atoms with Gasteiger partial charge in [-0.3, -0.25) is 19.7 Å². The molecule has 0 spiro atoms. The van der Waals surface area contributed by atoms with E-state index in [-0.39, 0.29) is 0 Å². The Hall–Kier alpha value is -3.97. The van der Waals surface area contributed by atoms with Gasteiger partial charge in [-0.15, -0.1) is 0 Å². The van der Waals surface area contributed by atoms with Crippen molar-refractivity contribution in [3.63, 3.8) is 0 Å². The molecule has 0 saturated carbocycles. The quantitative estimate of drug-likeness (QED) is 0.200. The molecule has 2 atom stereocenters. The SMILES string of the molecule is C[C@@H](O)[C@@H](C(=O)NO)N(CCCn1ccnc1)Cc1ccc(C#Cc2ccc(C(N)=O)cc2)cc1. The van der Waals surface area contributed by atoms with Gasteiger partial charge in [0.25, 0.3) is 5.91 Å². The van der Waals surface area contributed by atoms with Crippen LogP contribution < -0.4 is 11.2 Å². The molecule has 5 N–H and O–H groups in total. The molecular formula is C26H29N5O4. The Morgan fingerprint density at radius 1 is 1.11 bits per heavy atom. The van der Waals surface area contributed by atoms with Crippen LogP contribution in [0.3, 0.4) is 0 Å². The van der Waals surface area contributed by atoms with Gasteiger partial charge >= 0.3 is 0 Å². The largest absolute Gasteiger partial charge is 0.391 e. The first-order valence-corrected chi connectivity index (χ1v) is 11.2. The molecule has 1 heterocycles. The average molecular weight is 476 g/mol. The van der Waals surface area contributed by atoms with Crippen LogP contribution in [0.2, 0.25) is 0 Å². The highest BCUT2D eigenvalue weighted by Gasteiger charge is 2.30. The summed E-state index contributed by atoms with van der Waals surface area (Å²) in [4.78, 5) is 29.3. The summed E-state index contributed by atoms with van der Waals surface area (Å²) in [5.41, 5.74) is 9.85. The number of nitrogens with two attached hydrogens (primary N) is 1. The maximum absolute atomic E-state index is 12.3. The van der Waals surface area contributed by atoms with E-state index in [2.05, 4.69) is 16.8 Å². The number of hydrogen-bond acceptors (Lipinski definition) is 6. The summed E-state index contributed by atoms with van der Waals surface area (Å²) in [7, 11) is 0. The number of primary amides is 1. The second kappa shape index (κ2) is 12.5. The number of carbonyl (C=O) groups is 2. The van der Waals surface area contributed by atoms with Crippen LogP contribution in [-0.4, -0.2) is 55.3 Å². The highest BCUT2D eigenvalue weighted by Crippen LogP contribution is 2.14. The minimum Gasteiger partial charge on any atom is -0.391 e. The molecule has 0 fully saturated rings. The third-order valence-corrected chi connectivity index (χ3v) is 5.51. The Morgan fingerprint density at radius 3 is 2.26 bits per heavy atom. The zero-order valence-corrected chi connectivity index (χ0v) is 19.5. The van der Waals surface area contributed by atoms with Gasteiger partial charge in [0, 0.05) is 48.7 Å². The number of imidazole rings is 1. The third kappa shape index (κ3) is 7.52. The number of aliphatic hydroxyl groups is 1. The van der Waals surface area contributed by atoms with E-state index in [9.17, 15) is 19.9 Å². The number of aryl methyl sites for hydroxylation is 1. The molecule has 0 aliphatic carbocycles. The molecule has 0 aliphatic rings. The summed E-state index contributed by atoms with van der Waals surface area (Å²) in [5.74, 6) is 4.99. The van der Waals surface area contributed by atoms with Crippen molar-refractivity contribution >= 4 is 11.8 Å². The number of benzene rings is 2. The van der Waals surface area contributed by atoms with Crippen molar-refractivity contribution in [2.45, 2.75) is 38.6 Å². The summed E-state index contributed by atoms with van der Waals surface area (Å²) in [5, 5.41) is 19.4. The van der Waals surface area contributed by atoms with E-state index in [0.717, 1.165) is 23.1 Å². The van der Waals surface area contributed by atoms with Gasteiger partial charge in [0.05, 0.1) is 12.4 Å². The number of nitrogens with one attached hydrogen (secondary N) is 1. The molecule has 9 heteroatoms. The van der Waals surface area contributed by atoms with Crippen LogP contribution in [0.5, 0.6) is 0 Å². The number of amides is 2. The minimum atomic E-state index is -0.985. The molecule has 1 aromatic heterocycles. The van der Waals surface area contributed by atoms with Gasteiger partial charge in [0.2, 0.25) is 5.91 Å². The number of aliphatic hydroxyl groups excluding tert-OH is 1. The van der Waals surface area contributed by atoms with E-state index in [1.165, 1.54) is 6.92 Å². The first kappa shape index (κ1) is 25.6. The molecule has 2 amide bonds. The predicted molar refractivity (Wildman–Crippen MR) is 130 cm³/mol. The van der Waals surface area contributed by atoms with Gasteiger partial charge in [0.15, 0.2) is 0 Å². The van der Waals surface area contributed by atoms with Crippen LogP contribution in [0.25, 0.3) is 0 Å². The smallest absolute Gasteiger partial charge is 0.263 e. The Morgan fingerprint density at radius 2 is 1.74 bits per heavy atom. The first-order chi connectivity index (χ1) is 16.9. The van der Waals surface area contributed by atoms with E-state index in [1.807, 2.05) is 39.9 Å². The third-order valence-electron chi connectivity index (χ3n) is 5.51. The lowest BCUT2D eigenvalue weighted by Crippen LogP contribution is -2.52. The maximum Gasteiger partial charge on any atom is 0.263 e. The van der Waals surface area contributed by atoms with Gasteiger partial charge in [-0.1, -0.05) is 24.0 Å². The molecule has 0 saturated heterocycles. The summed E-state index contributed by atoms with van der Waals surface area (Å²) in [6.45, 7) is 3.15. The van der Waals surface area contributed by atoms with Gasteiger partial charge in [0.1, 0.15) is 6.04 Å². The molecule has 9 nitrogen and oxygen atoms in total. The normalized spacial score (nSPS) is 12.5. The summed E-state index contributed by atoms with van der Waals surface area (Å²) < 4.78 is 1.94. The van der Waals surface area contributed by atoms with Gasteiger partial charge in [-0.25, -0.2) is 10.5 Å². The van der Waals surface area contributed by atoms with Crippen molar-refractivity contribution in [3.05, 3.63) is 89.5 Å². The zero-order valence-electron chi connectivity index (χ0n) is 19.5. The predicted octanol–water partition coefficient (Wildman–Crippen LogP) is 1.53.